The number of alkyl halides is 9. The van der Waals surface area contributed by atoms with Crippen LogP contribution in [-0.4, -0.2) is 78.9 Å². The monoisotopic (exact) mass is 680 g/mol. The average Bonchev–Trinajstić information content (AvgIpc) is 3.01. The Balaban J connectivity index is 1.62. The van der Waals surface area contributed by atoms with Crippen molar-refractivity contribution in [1.82, 2.24) is 14.7 Å². The van der Waals surface area contributed by atoms with E-state index in [1.165, 1.54) is 26.1 Å². The van der Waals surface area contributed by atoms with Crippen LogP contribution in [0.2, 0.25) is 0 Å². The topological polar surface area (TPSA) is 64.2 Å². The fraction of sp³-hybridized carbons (Fsp3) is 0.516. The van der Waals surface area contributed by atoms with E-state index in [1.54, 1.807) is 9.80 Å². The first kappa shape index (κ1) is 35.9. The highest BCUT2D eigenvalue weighted by Crippen LogP contribution is 2.39. The van der Waals surface area contributed by atoms with Gasteiger partial charge in [0.25, 0.3) is 0 Å². The summed E-state index contributed by atoms with van der Waals surface area (Å²) < 4.78 is 121. The zero-order valence-electron chi connectivity index (χ0n) is 25.6. The number of benzene rings is 2. The first-order valence-electron chi connectivity index (χ1n) is 14.7. The molecule has 0 aromatic heterocycles. The molecule has 0 spiro atoms. The summed E-state index contributed by atoms with van der Waals surface area (Å²) in [6.07, 6.45) is -13.9. The van der Waals surface area contributed by atoms with E-state index in [0.717, 1.165) is 24.1 Å². The van der Waals surface area contributed by atoms with Crippen LogP contribution < -0.4 is 4.90 Å². The molecule has 2 saturated heterocycles. The summed E-state index contributed by atoms with van der Waals surface area (Å²) in [7, 11) is 2.32. The Morgan fingerprint density at radius 1 is 0.702 bits per heavy atom. The number of carbonyl (C=O) groups is 3. The van der Waals surface area contributed by atoms with Crippen molar-refractivity contribution in [3.63, 3.8) is 0 Å². The highest BCUT2D eigenvalue weighted by molar-refractivity contribution is 5.92. The Morgan fingerprint density at radius 3 is 1.66 bits per heavy atom. The molecule has 47 heavy (non-hydrogen) atoms. The quantitative estimate of drug-likeness (QED) is 0.331. The third-order valence-electron chi connectivity index (χ3n) is 8.89. The minimum atomic E-state index is -5.14. The molecule has 2 aromatic carbocycles. The summed E-state index contributed by atoms with van der Waals surface area (Å²) >= 11 is 0. The van der Waals surface area contributed by atoms with Crippen molar-refractivity contribution in [3.05, 3.63) is 64.7 Å². The van der Waals surface area contributed by atoms with Crippen LogP contribution in [-0.2, 0) is 28.1 Å². The minimum Gasteiger partial charge on any atom is -0.343 e. The molecule has 2 aliphatic rings. The van der Waals surface area contributed by atoms with Crippen LogP contribution in [0.3, 0.4) is 0 Å². The lowest BCUT2D eigenvalue weighted by molar-refractivity contribution is -0.143. The number of rotatable bonds is 4. The van der Waals surface area contributed by atoms with Crippen LogP contribution in [0.15, 0.2) is 42.5 Å². The van der Waals surface area contributed by atoms with E-state index in [-0.39, 0.29) is 37.4 Å². The van der Waals surface area contributed by atoms with Gasteiger partial charge in [0.1, 0.15) is 0 Å². The standard InChI is InChI=1S/C31H33F9N4O3/c1-18(45)43-11-8-20(9-12-43)27(46)44-13-10-26(25(17-44)19-4-6-21(7-5-19)29(32,33)34)42(3)28(47)41(2)24-15-22(30(35,36)37)14-23(16-24)31(38,39)40/h4-7,14-16,20,25-26H,8-13,17H2,1-3H3. The highest BCUT2D eigenvalue weighted by atomic mass is 19.4. The van der Waals surface area contributed by atoms with E-state index < -0.39 is 64.8 Å². The molecule has 258 valence electrons. The highest BCUT2D eigenvalue weighted by Gasteiger charge is 2.41. The minimum absolute atomic E-state index is 0.00903. The van der Waals surface area contributed by atoms with Gasteiger partial charge in [0, 0.05) is 70.8 Å². The number of hydrogen-bond donors (Lipinski definition) is 0. The molecule has 0 bridgehead atoms. The van der Waals surface area contributed by atoms with E-state index >= 15 is 0 Å². The number of carbonyl (C=O) groups excluding carboxylic acids is 3. The zero-order chi connectivity index (χ0) is 35.1. The van der Waals surface area contributed by atoms with Crippen LogP contribution in [0, 0.1) is 5.92 Å². The number of piperidine rings is 2. The molecule has 2 unspecified atom stereocenters. The fourth-order valence-electron chi connectivity index (χ4n) is 6.17. The maximum absolute atomic E-state index is 13.6. The maximum Gasteiger partial charge on any atom is 0.416 e. The summed E-state index contributed by atoms with van der Waals surface area (Å²) in [6.45, 7) is 2.33. The Kier molecular flexibility index (Phi) is 10.1. The third kappa shape index (κ3) is 8.12. The van der Waals surface area contributed by atoms with Crippen molar-refractivity contribution in [1.29, 1.82) is 0 Å². The lowest BCUT2D eigenvalue weighted by Gasteiger charge is -2.45. The molecular formula is C31H33F9N4O3. The molecule has 0 aliphatic carbocycles. The van der Waals surface area contributed by atoms with Gasteiger partial charge in [-0.15, -0.1) is 0 Å². The molecule has 2 aromatic rings. The zero-order valence-corrected chi connectivity index (χ0v) is 25.6. The van der Waals surface area contributed by atoms with E-state index in [9.17, 15) is 53.9 Å². The number of amides is 4. The second-order valence-corrected chi connectivity index (χ2v) is 11.9. The SMILES string of the molecule is CC(=O)N1CCC(C(=O)N2CCC(N(C)C(=O)N(C)c3cc(C(F)(F)F)cc(C(F)(F)F)c3)C(c3ccc(C(F)(F)F)cc3)C2)CC1. The van der Waals surface area contributed by atoms with Crippen LogP contribution in [0.25, 0.3) is 0 Å². The molecule has 4 amide bonds. The summed E-state index contributed by atoms with van der Waals surface area (Å²) in [4.78, 5) is 43.8. The average molecular weight is 681 g/mol. The van der Waals surface area contributed by atoms with Gasteiger partial charge in [-0.25, -0.2) is 4.79 Å². The van der Waals surface area contributed by atoms with Crippen molar-refractivity contribution in [2.75, 3.05) is 45.2 Å². The van der Waals surface area contributed by atoms with Crippen LogP contribution in [0.5, 0.6) is 0 Å². The van der Waals surface area contributed by atoms with Gasteiger partial charge >= 0.3 is 24.6 Å². The van der Waals surface area contributed by atoms with Gasteiger partial charge in [-0.1, -0.05) is 12.1 Å². The fourth-order valence-corrected chi connectivity index (χ4v) is 6.17. The number of likely N-dealkylation sites (N-methyl/N-ethyl adjacent to an activating group) is 1. The molecule has 2 atom stereocenters. The number of halogens is 9. The number of likely N-dealkylation sites (tertiary alicyclic amines) is 2. The van der Waals surface area contributed by atoms with E-state index in [1.807, 2.05) is 0 Å². The van der Waals surface area contributed by atoms with Crippen molar-refractivity contribution in [3.8, 4) is 0 Å². The summed E-state index contributed by atoms with van der Waals surface area (Å²) in [6, 6.07) is 3.21. The lowest BCUT2D eigenvalue weighted by Crippen LogP contribution is -2.55. The Hall–Kier alpha value is -3.98. The number of nitrogens with zero attached hydrogens (tertiary/aromatic N) is 4. The molecule has 0 saturated carbocycles. The van der Waals surface area contributed by atoms with Gasteiger partial charge in [0.2, 0.25) is 11.8 Å². The number of hydrogen-bond acceptors (Lipinski definition) is 3. The van der Waals surface area contributed by atoms with Crippen molar-refractivity contribution >= 4 is 23.5 Å². The van der Waals surface area contributed by atoms with Gasteiger partial charge in [-0.2, -0.15) is 39.5 Å². The summed E-state index contributed by atoms with van der Waals surface area (Å²) in [5, 5.41) is 0. The molecular weight excluding hydrogens is 647 g/mol. The van der Waals surface area contributed by atoms with Gasteiger partial charge in [-0.05, 0) is 55.2 Å². The van der Waals surface area contributed by atoms with Crippen LogP contribution >= 0.6 is 0 Å². The second kappa shape index (κ2) is 13.3. The molecule has 7 nitrogen and oxygen atoms in total. The molecule has 2 fully saturated rings. The number of anilines is 1. The largest absolute Gasteiger partial charge is 0.416 e. The summed E-state index contributed by atoms with van der Waals surface area (Å²) in [5.41, 5.74) is -4.44. The maximum atomic E-state index is 13.6. The Labute approximate surface area is 264 Å². The predicted octanol–water partition coefficient (Wildman–Crippen LogP) is 6.87. The molecule has 0 N–H and O–H groups in total. The lowest BCUT2D eigenvalue weighted by atomic mass is 9.83. The smallest absolute Gasteiger partial charge is 0.343 e. The third-order valence-corrected chi connectivity index (χ3v) is 8.89. The molecule has 0 radical (unpaired) electrons. The molecule has 2 aliphatic heterocycles. The van der Waals surface area contributed by atoms with Crippen molar-refractivity contribution < 1.29 is 53.9 Å². The van der Waals surface area contributed by atoms with Crippen LogP contribution in [0.1, 0.15) is 54.4 Å². The number of urea groups is 1. The molecule has 16 heteroatoms. The van der Waals surface area contributed by atoms with Gasteiger partial charge in [0.05, 0.1) is 16.7 Å². The predicted molar refractivity (Wildman–Crippen MR) is 152 cm³/mol. The van der Waals surface area contributed by atoms with Crippen molar-refractivity contribution in [2.24, 2.45) is 5.92 Å². The van der Waals surface area contributed by atoms with Gasteiger partial charge < -0.3 is 14.7 Å². The first-order valence-corrected chi connectivity index (χ1v) is 14.7. The van der Waals surface area contributed by atoms with E-state index in [4.69, 9.17) is 0 Å². The Morgan fingerprint density at radius 2 is 1.19 bits per heavy atom. The van der Waals surface area contributed by atoms with E-state index in [0.29, 0.717) is 48.5 Å². The first-order chi connectivity index (χ1) is 21.7. The van der Waals surface area contributed by atoms with Crippen LogP contribution in [0.4, 0.5) is 50.0 Å². The van der Waals surface area contributed by atoms with Gasteiger partial charge in [0.15, 0.2) is 0 Å². The Bertz CT molecular complexity index is 1430. The molecule has 4 rings (SSSR count). The van der Waals surface area contributed by atoms with E-state index in [2.05, 4.69) is 0 Å². The normalized spacial score (nSPS) is 19.8. The van der Waals surface area contributed by atoms with Gasteiger partial charge in [-0.3, -0.25) is 14.5 Å². The second-order valence-electron chi connectivity index (χ2n) is 11.9. The van der Waals surface area contributed by atoms with Crippen molar-refractivity contribution in [2.45, 2.75) is 56.7 Å². The molecule has 2 heterocycles. The summed E-state index contributed by atoms with van der Waals surface area (Å²) in [5.74, 6) is -1.47.